The van der Waals surface area contributed by atoms with Crippen molar-refractivity contribution in [2.75, 3.05) is 0 Å². The second-order valence-electron chi connectivity index (χ2n) is 6.27. The Labute approximate surface area is 151 Å². The van der Waals surface area contributed by atoms with Crippen molar-refractivity contribution in [1.82, 2.24) is 0 Å². The molecule has 5 heteroatoms. The van der Waals surface area contributed by atoms with E-state index in [9.17, 15) is 9.11 Å². The van der Waals surface area contributed by atoms with E-state index in [4.69, 9.17) is 4.74 Å². The largest absolute Gasteiger partial charge is 0.335 e. The maximum Gasteiger partial charge on any atom is 0.162 e. The van der Waals surface area contributed by atoms with Crippen molar-refractivity contribution >= 4 is 24.1 Å². The summed E-state index contributed by atoms with van der Waals surface area (Å²) in [5.74, 6) is 0. The van der Waals surface area contributed by atoms with Gasteiger partial charge in [-0.3, -0.25) is 0 Å². The van der Waals surface area contributed by atoms with Crippen LogP contribution in [0.25, 0.3) is 0 Å². The Morgan fingerprint density at radius 2 is 1.17 bits per heavy atom. The van der Waals surface area contributed by atoms with Gasteiger partial charge in [0, 0.05) is 24.1 Å². The summed E-state index contributed by atoms with van der Waals surface area (Å²) in [5, 5.41) is 0. The molecule has 136 valence electrons. The lowest BCUT2D eigenvalue weighted by molar-refractivity contribution is -0.0320. The smallest absolute Gasteiger partial charge is 0.162 e. The fraction of sp³-hybridized carbons (Fsp3) is 0.778. The summed E-state index contributed by atoms with van der Waals surface area (Å²) < 4.78 is 26.3. The first-order chi connectivity index (χ1) is 10.8. The average Bonchev–Trinajstić information content (AvgIpc) is 2.52. The Morgan fingerprint density at radius 3 is 1.39 bits per heavy atom. The van der Waals surface area contributed by atoms with Crippen molar-refractivity contribution in [3.63, 3.8) is 0 Å². The molecule has 0 saturated carbocycles. The third kappa shape index (κ3) is 6.83. The third-order valence-electron chi connectivity index (χ3n) is 4.14. The summed E-state index contributed by atoms with van der Waals surface area (Å²) in [5.41, 5.74) is 1.52. The van der Waals surface area contributed by atoms with Crippen LogP contribution in [-0.4, -0.2) is 19.0 Å². The first kappa shape index (κ1) is 23.1. The van der Waals surface area contributed by atoms with Crippen molar-refractivity contribution in [2.24, 2.45) is 0 Å². The van der Waals surface area contributed by atoms with Gasteiger partial charge in [-0.2, -0.15) is 0 Å². The molecule has 0 saturated heterocycles. The number of ether oxygens (including phenoxy) is 1. The van der Waals surface area contributed by atoms with Crippen molar-refractivity contribution in [3.8, 4) is 0 Å². The zero-order valence-corrected chi connectivity index (χ0v) is 16.8. The fourth-order valence-electron chi connectivity index (χ4n) is 2.47. The van der Waals surface area contributed by atoms with Crippen LogP contribution in [0.4, 0.5) is 0 Å². The Hall–Kier alpha value is 0.0600. The van der Waals surface area contributed by atoms with Gasteiger partial charge in [-0.25, -0.2) is 0 Å². The SMILES string of the molecule is C=C(C)C(CCCCC)(OC(CCCCC)(SO)C(=C)C)SO. The highest BCUT2D eigenvalue weighted by Crippen LogP contribution is 2.47. The molecule has 3 nitrogen and oxygen atoms in total. The quantitative estimate of drug-likeness (QED) is 0.149. The van der Waals surface area contributed by atoms with Crippen LogP contribution in [0.15, 0.2) is 24.3 Å². The van der Waals surface area contributed by atoms with Crippen LogP contribution >= 0.6 is 24.1 Å². The molecule has 0 aliphatic heterocycles. The molecule has 0 aromatic rings. The molecule has 2 atom stereocenters. The average molecular weight is 363 g/mol. The monoisotopic (exact) mass is 362 g/mol. The van der Waals surface area contributed by atoms with Gasteiger partial charge in [0.1, 0.15) is 0 Å². The van der Waals surface area contributed by atoms with E-state index < -0.39 is 9.87 Å². The molecule has 0 amide bonds. The van der Waals surface area contributed by atoms with Gasteiger partial charge in [0.2, 0.25) is 0 Å². The predicted molar refractivity (Wildman–Crippen MR) is 105 cm³/mol. The van der Waals surface area contributed by atoms with Crippen LogP contribution in [-0.2, 0) is 4.74 Å². The van der Waals surface area contributed by atoms with Crippen molar-refractivity contribution in [3.05, 3.63) is 24.3 Å². The number of unbranched alkanes of at least 4 members (excludes halogenated alkanes) is 4. The van der Waals surface area contributed by atoms with Crippen LogP contribution in [0.1, 0.15) is 79.1 Å². The van der Waals surface area contributed by atoms with Crippen LogP contribution in [0.5, 0.6) is 0 Å². The molecule has 0 aromatic heterocycles. The van der Waals surface area contributed by atoms with Gasteiger partial charge in [0.15, 0.2) is 9.87 Å². The highest BCUT2D eigenvalue weighted by Gasteiger charge is 2.44. The standard InChI is InChI=1S/C18H34O3S2/c1-7-9-11-13-17(22-19,15(3)4)21-18(23-20,16(5)6)14-12-10-8-2/h19-20H,3,5,7-14H2,1-2,4,6H3. The summed E-state index contributed by atoms with van der Waals surface area (Å²) in [7, 11) is 0. The van der Waals surface area contributed by atoms with E-state index in [0.29, 0.717) is 36.9 Å². The van der Waals surface area contributed by atoms with E-state index in [1.54, 1.807) is 0 Å². The van der Waals surface area contributed by atoms with E-state index >= 15 is 0 Å². The third-order valence-corrected chi connectivity index (χ3v) is 6.01. The molecule has 0 radical (unpaired) electrons. The van der Waals surface area contributed by atoms with E-state index in [1.807, 2.05) is 13.8 Å². The molecule has 0 aliphatic carbocycles. The summed E-state index contributed by atoms with van der Waals surface area (Å²) in [6, 6.07) is 0. The normalized spacial score (nSPS) is 16.6. The number of hydrogen-bond donors (Lipinski definition) is 2. The molecule has 0 fully saturated rings. The van der Waals surface area contributed by atoms with Gasteiger partial charge in [-0.15, -0.1) is 0 Å². The molecule has 0 aliphatic rings. The fourth-order valence-corrected chi connectivity index (χ4v) is 3.66. The van der Waals surface area contributed by atoms with E-state index in [-0.39, 0.29) is 0 Å². The van der Waals surface area contributed by atoms with Gasteiger partial charge in [0.25, 0.3) is 0 Å². The lowest BCUT2D eigenvalue weighted by Crippen LogP contribution is -2.42. The lowest BCUT2D eigenvalue weighted by Gasteiger charge is -2.42. The summed E-state index contributed by atoms with van der Waals surface area (Å²) >= 11 is 1.37. The Balaban J connectivity index is 5.39. The molecule has 0 aromatic carbocycles. The predicted octanol–water partition coefficient (Wildman–Crippen LogP) is 7.12. The molecular weight excluding hydrogens is 328 g/mol. The minimum atomic E-state index is -0.907. The van der Waals surface area contributed by atoms with Crippen LogP contribution in [0, 0.1) is 0 Å². The minimum Gasteiger partial charge on any atom is -0.335 e. The second-order valence-corrected chi connectivity index (χ2v) is 7.95. The molecule has 23 heavy (non-hydrogen) atoms. The van der Waals surface area contributed by atoms with E-state index in [2.05, 4.69) is 27.0 Å². The van der Waals surface area contributed by atoms with E-state index in [0.717, 1.165) is 49.7 Å². The molecule has 0 rings (SSSR count). The second kappa shape index (κ2) is 11.6. The number of hydrogen-bond acceptors (Lipinski definition) is 5. The first-order valence-corrected chi connectivity index (χ1v) is 10.1. The Bertz CT molecular complexity index is 339. The highest BCUT2D eigenvalue weighted by atomic mass is 32.2. The van der Waals surface area contributed by atoms with Crippen molar-refractivity contribution in [2.45, 2.75) is 88.9 Å². The van der Waals surface area contributed by atoms with Crippen molar-refractivity contribution in [1.29, 1.82) is 0 Å². The maximum absolute atomic E-state index is 9.97. The number of rotatable bonds is 14. The topological polar surface area (TPSA) is 49.7 Å². The van der Waals surface area contributed by atoms with Crippen LogP contribution in [0.3, 0.4) is 0 Å². The molecule has 2 N–H and O–H groups in total. The van der Waals surface area contributed by atoms with Gasteiger partial charge in [-0.05, 0) is 50.7 Å². The first-order valence-electron chi connectivity index (χ1n) is 8.51. The lowest BCUT2D eigenvalue weighted by atomic mass is 10.0. The van der Waals surface area contributed by atoms with Crippen molar-refractivity contribution < 1.29 is 13.8 Å². The summed E-state index contributed by atoms with van der Waals surface area (Å²) in [4.78, 5) is -1.81. The summed E-state index contributed by atoms with van der Waals surface area (Å²) in [6.07, 6.45) is 7.55. The summed E-state index contributed by atoms with van der Waals surface area (Å²) in [6.45, 7) is 16.1. The zero-order chi connectivity index (χ0) is 17.9. The van der Waals surface area contributed by atoms with Gasteiger partial charge in [0.05, 0.1) is 0 Å². The molecular formula is C18H34O3S2. The van der Waals surface area contributed by atoms with E-state index in [1.165, 1.54) is 0 Å². The van der Waals surface area contributed by atoms with Crippen LogP contribution in [0.2, 0.25) is 0 Å². The molecule has 2 unspecified atom stereocenters. The van der Waals surface area contributed by atoms with Gasteiger partial charge in [-0.1, -0.05) is 52.7 Å². The Kier molecular flexibility index (Phi) is 11.6. The van der Waals surface area contributed by atoms with Gasteiger partial charge >= 0.3 is 0 Å². The van der Waals surface area contributed by atoms with Gasteiger partial charge < -0.3 is 13.8 Å². The minimum absolute atomic E-state index is 0.667. The molecule has 0 heterocycles. The molecule has 0 bridgehead atoms. The van der Waals surface area contributed by atoms with Crippen LogP contribution < -0.4 is 0 Å². The highest BCUT2D eigenvalue weighted by molar-refractivity contribution is 7.96. The Morgan fingerprint density at radius 1 is 0.826 bits per heavy atom. The maximum atomic E-state index is 9.97. The zero-order valence-electron chi connectivity index (χ0n) is 15.2. The molecule has 0 spiro atoms.